The zero-order valence-corrected chi connectivity index (χ0v) is 17.3. The lowest BCUT2D eigenvalue weighted by Gasteiger charge is -2.15. The lowest BCUT2D eigenvalue weighted by Crippen LogP contribution is -2.41. The van der Waals surface area contributed by atoms with Gasteiger partial charge in [-0.05, 0) is 49.7 Å². The van der Waals surface area contributed by atoms with Crippen LogP contribution >= 0.6 is 11.6 Å². The fourth-order valence-electron chi connectivity index (χ4n) is 3.20. The molecule has 0 saturated heterocycles. The smallest absolute Gasteiger partial charge is 0.332 e. The number of carbonyl (C=O) groups is 1. The number of benzene rings is 2. The van der Waals surface area contributed by atoms with Gasteiger partial charge in [0.15, 0.2) is 11.5 Å². The molecule has 0 aliphatic heterocycles. The summed E-state index contributed by atoms with van der Waals surface area (Å²) in [4.78, 5) is 37.3. The molecule has 3 aromatic rings. The van der Waals surface area contributed by atoms with Gasteiger partial charge in [-0.15, -0.1) is 0 Å². The molecular formula is C21H21ClN2O6. The fourth-order valence-corrected chi connectivity index (χ4v) is 3.37. The first-order valence-electron chi connectivity index (χ1n) is 9.38. The molecule has 1 heterocycles. The summed E-state index contributed by atoms with van der Waals surface area (Å²) in [6, 6.07) is 9.54. The van der Waals surface area contributed by atoms with Crippen molar-refractivity contribution in [3.8, 4) is 11.5 Å². The number of rotatable bonds is 8. The minimum absolute atomic E-state index is 0.0633. The molecule has 8 nitrogen and oxygen atoms in total. The van der Waals surface area contributed by atoms with Crippen LogP contribution in [0.2, 0.25) is 5.02 Å². The Morgan fingerprint density at radius 1 is 1.00 bits per heavy atom. The zero-order valence-electron chi connectivity index (χ0n) is 16.6. The molecule has 2 aromatic carbocycles. The minimum atomic E-state index is -1.20. The summed E-state index contributed by atoms with van der Waals surface area (Å²) in [6.45, 7) is 3.93. The number of ether oxygens (including phenoxy) is 2. The predicted octanol–water partition coefficient (Wildman–Crippen LogP) is 2.75. The molecule has 1 N–H and O–H groups in total. The van der Waals surface area contributed by atoms with E-state index in [0.717, 1.165) is 9.13 Å². The van der Waals surface area contributed by atoms with Gasteiger partial charge in [0.2, 0.25) is 0 Å². The van der Waals surface area contributed by atoms with Crippen molar-refractivity contribution >= 4 is 28.5 Å². The van der Waals surface area contributed by atoms with Crippen molar-refractivity contribution in [3.63, 3.8) is 0 Å². The van der Waals surface area contributed by atoms with Gasteiger partial charge in [0.05, 0.1) is 30.7 Å². The highest BCUT2D eigenvalue weighted by atomic mass is 35.5. The van der Waals surface area contributed by atoms with E-state index >= 15 is 0 Å². The average Bonchev–Trinajstić information content (AvgIpc) is 2.70. The van der Waals surface area contributed by atoms with Gasteiger partial charge in [-0.2, -0.15) is 0 Å². The van der Waals surface area contributed by atoms with Gasteiger partial charge in [-0.1, -0.05) is 17.7 Å². The number of hydrogen-bond donors (Lipinski definition) is 1. The fraction of sp³-hybridized carbons (Fsp3) is 0.286. The molecule has 0 atom stereocenters. The summed E-state index contributed by atoms with van der Waals surface area (Å²) in [7, 11) is 0. The third-order valence-corrected chi connectivity index (χ3v) is 4.66. The van der Waals surface area contributed by atoms with Crippen LogP contribution in [0.4, 0.5) is 0 Å². The Morgan fingerprint density at radius 3 is 2.37 bits per heavy atom. The number of carboxylic acids is 1. The van der Waals surface area contributed by atoms with Crippen LogP contribution in [0.25, 0.3) is 10.9 Å². The minimum Gasteiger partial charge on any atom is -0.490 e. The molecule has 158 valence electrons. The van der Waals surface area contributed by atoms with E-state index in [-0.39, 0.29) is 17.4 Å². The SMILES string of the molecule is CCOc1ccc(Cn2c(=O)c3cc(Cl)ccc3n(CC(=O)O)c2=O)cc1OCC. The third-order valence-electron chi connectivity index (χ3n) is 4.43. The summed E-state index contributed by atoms with van der Waals surface area (Å²) in [5.41, 5.74) is -0.422. The van der Waals surface area contributed by atoms with Gasteiger partial charge < -0.3 is 14.6 Å². The van der Waals surface area contributed by atoms with Gasteiger partial charge in [-0.3, -0.25) is 18.7 Å². The molecule has 3 rings (SSSR count). The first-order chi connectivity index (χ1) is 14.3. The van der Waals surface area contributed by atoms with E-state index in [1.165, 1.54) is 18.2 Å². The van der Waals surface area contributed by atoms with E-state index in [4.69, 9.17) is 21.1 Å². The molecule has 0 aliphatic rings. The van der Waals surface area contributed by atoms with Crippen molar-refractivity contribution in [1.29, 1.82) is 0 Å². The number of nitrogens with zero attached hydrogens (tertiary/aromatic N) is 2. The second-order valence-electron chi connectivity index (χ2n) is 6.46. The Morgan fingerprint density at radius 2 is 1.70 bits per heavy atom. The van der Waals surface area contributed by atoms with Crippen molar-refractivity contribution in [2.24, 2.45) is 0 Å². The van der Waals surface area contributed by atoms with Gasteiger partial charge in [0, 0.05) is 5.02 Å². The highest BCUT2D eigenvalue weighted by Gasteiger charge is 2.16. The van der Waals surface area contributed by atoms with Crippen molar-refractivity contribution in [2.75, 3.05) is 13.2 Å². The van der Waals surface area contributed by atoms with E-state index in [9.17, 15) is 19.5 Å². The van der Waals surface area contributed by atoms with E-state index in [0.29, 0.717) is 35.3 Å². The Labute approximate surface area is 176 Å². The second kappa shape index (κ2) is 9.04. The number of hydrogen-bond acceptors (Lipinski definition) is 5. The Balaban J connectivity index is 2.16. The molecule has 0 unspecified atom stereocenters. The van der Waals surface area contributed by atoms with Crippen LogP contribution in [0.15, 0.2) is 46.0 Å². The first kappa shape index (κ1) is 21.4. The quantitative estimate of drug-likeness (QED) is 0.587. The third kappa shape index (κ3) is 4.33. The van der Waals surface area contributed by atoms with Gasteiger partial charge in [0.1, 0.15) is 6.54 Å². The van der Waals surface area contributed by atoms with Crippen LogP contribution in [0.5, 0.6) is 11.5 Å². The van der Waals surface area contributed by atoms with Crippen LogP contribution < -0.4 is 20.7 Å². The summed E-state index contributed by atoms with van der Waals surface area (Å²) < 4.78 is 13.2. The summed E-state index contributed by atoms with van der Waals surface area (Å²) in [6.07, 6.45) is 0. The lowest BCUT2D eigenvalue weighted by molar-refractivity contribution is -0.137. The zero-order chi connectivity index (χ0) is 21.8. The predicted molar refractivity (Wildman–Crippen MR) is 113 cm³/mol. The summed E-state index contributed by atoms with van der Waals surface area (Å²) in [5.74, 6) is -0.137. The molecule has 0 amide bonds. The van der Waals surface area contributed by atoms with Crippen LogP contribution in [0.1, 0.15) is 19.4 Å². The van der Waals surface area contributed by atoms with Crippen molar-refractivity contribution in [2.45, 2.75) is 26.9 Å². The number of aliphatic carboxylic acids is 1. The van der Waals surface area contributed by atoms with Crippen LogP contribution in [0.3, 0.4) is 0 Å². The first-order valence-corrected chi connectivity index (χ1v) is 9.76. The van der Waals surface area contributed by atoms with Crippen LogP contribution in [-0.4, -0.2) is 33.4 Å². The molecular weight excluding hydrogens is 412 g/mol. The normalized spacial score (nSPS) is 10.9. The van der Waals surface area contributed by atoms with Gasteiger partial charge >= 0.3 is 11.7 Å². The van der Waals surface area contributed by atoms with Crippen LogP contribution in [-0.2, 0) is 17.9 Å². The molecule has 0 aliphatic carbocycles. The standard InChI is InChI=1S/C21H21ClN2O6/c1-3-29-17-8-5-13(9-18(17)30-4-2)11-24-20(27)15-10-14(22)6-7-16(15)23(21(24)28)12-19(25)26/h5-10H,3-4,11-12H2,1-2H3,(H,25,26). The van der Waals surface area contributed by atoms with Crippen molar-refractivity contribution in [1.82, 2.24) is 9.13 Å². The van der Waals surface area contributed by atoms with Crippen molar-refractivity contribution < 1.29 is 19.4 Å². The molecule has 1 aromatic heterocycles. The molecule has 30 heavy (non-hydrogen) atoms. The molecule has 0 spiro atoms. The summed E-state index contributed by atoms with van der Waals surface area (Å²) in [5, 5.41) is 9.71. The van der Waals surface area contributed by atoms with E-state index in [1.54, 1.807) is 18.2 Å². The molecule has 0 fully saturated rings. The second-order valence-corrected chi connectivity index (χ2v) is 6.90. The molecule has 0 radical (unpaired) electrons. The Bertz CT molecular complexity index is 1210. The largest absolute Gasteiger partial charge is 0.490 e. The highest BCUT2D eigenvalue weighted by molar-refractivity contribution is 6.31. The highest BCUT2D eigenvalue weighted by Crippen LogP contribution is 2.28. The van der Waals surface area contributed by atoms with Crippen LogP contribution in [0, 0.1) is 0 Å². The monoisotopic (exact) mass is 432 g/mol. The molecule has 0 bridgehead atoms. The molecule has 0 saturated carbocycles. The number of aromatic nitrogens is 2. The van der Waals surface area contributed by atoms with Gasteiger partial charge in [0.25, 0.3) is 5.56 Å². The lowest BCUT2D eigenvalue weighted by atomic mass is 10.2. The maximum absolute atomic E-state index is 13.0. The number of halogens is 1. The Kier molecular flexibility index (Phi) is 6.47. The maximum Gasteiger partial charge on any atom is 0.332 e. The topological polar surface area (TPSA) is 99.8 Å². The number of carboxylic acid groups (broad SMARTS) is 1. The molecule has 9 heteroatoms. The van der Waals surface area contributed by atoms with E-state index < -0.39 is 23.8 Å². The van der Waals surface area contributed by atoms with E-state index in [1.807, 2.05) is 13.8 Å². The van der Waals surface area contributed by atoms with E-state index in [2.05, 4.69) is 0 Å². The maximum atomic E-state index is 13.0. The van der Waals surface area contributed by atoms with Gasteiger partial charge in [-0.25, -0.2) is 4.79 Å². The average molecular weight is 433 g/mol. The number of fused-ring (bicyclic) bond motifs is 1. The van der Waals surface area contributed by atoms with Crippen molar-refractivity contribution in [3.05, 3.63) is 67.8 Å². The summed E-state index contributed by atoms with van der Waals surface area (Å²) >= 11 is 6.02. The Hall–Kier alpha value is -3.26.